The summed E-state index contributed by atoms with van der Waals surface area (Å²) in [5.74, 6) is -0.738. The molecular formula is C16H18BrNO5. The van der Waals surface area contributed by atoms with Crippen LogP contribution in [0.3, 0.4) is 0 Å². The molecule has 1 rings (SSSR count). The first-order valence-corrected chi connectivity index (χ1v) is 7.61. The lowest BCUT2D eigenvalue weighted by atomic mass is 10.1. The molecular weight excluding hydrogens is 366 g/mol. The molecule has 0 unspecified atom stereocenters. The van der Waals surface area contributed by atoms with Crippen molar-refractivity contribution in [1.82, 2.24) is 5.32 Å². The van der Waals surface area contributed by atoms with Crippen LogP contribution in [-0.2, 0) is 9.59 Å². The molecule has 0 aliphatic carbocycles. The largest absolute Gasteiger partial charge is 0.490 e. The van der Waals surface area contributed by atoms with Crippen LogP contribution in [-0.4, -0.2) is 30.2 Å². The number of rotatable bonds is 8. The van der Waals surface area contributed by atoms with Crippen LogP contribution < -0.4 is 14.8 Å². The van der Waals surface area contributed by atoms with Crippen LogP contribution in [0.1, 0.15) is 19.4 Å². The number of nitrogens with one attached hydrogen (secondary N) is 1. The van der Waals surface area contributed by atoms with Crippen LogP contribution in [0.15, 0.2) is 35.0 Å². The van der Waals surface area contributed by atoms with Gasteiger partial charge in [0.25, 0.3) is 0 Å². The monoisotopic (exact) mass is 383 g/mol. The lowest BCUT2D eigenvalue weighted by Gasteiger charge is -2.14. The molecule has 0 bridgehead atoms. The molecule has 1 aromatic rings. The van der Waals surface area contributed by atoms with Crippen molar-refractivity contribution in [2.75, 3.05) is 13.2 Å². The Morgan fingerprint density at radius 2 is 2.09 bits per heavy atom. The predicted molar refractivity (Wildman–Crippen MR) is 90.4 cm³/mol. The predicted octanol–water partition coefficient (Wildman–Crippen LogP) is 2.97. The number of carboxylic acid groups (broad SMARTS) is 1. The molecule has 124 valence electrons. The summed E-state index contributed by atoms with van der Waals surface area (Å²) in [6.07, 6.45) is 2.95. The smallest absolute Gasteiger partial charge is 0.352 e. The van der Waals surface area contributed by atoms with Gasteiger partial charge in [0.1, 0.15) is 12.3 Å². The van der Waals surface area contributed by atoms with E-state index in [1.54, 1.807) is 18.2 Å². The molecule has 0 radical (unpaired) electrons. The van der Waals surface area contributed by atoms with Gasteiger partial charge in [0.05, 0.1) is 11.1 Å². The molecule has 0 aromatic heterocycles. The molecule has 0 heterocycles. The van der Waals surface area contributed by atoms with Gasteiger partial charge in [-0.1, -0.05) is 12.7 Å². The van der Waals surface area contributed by atoms with E-state index in [9.17, 15) is 9.59 Å². The van der Waals surface area contributed by atoms with Crippen molar-refractivity contribution >= 4 is 33.9 Å². The van der Waals surface area contributed by atoms with Crippen LogP contribution in [0.4, 0.5) is 0 Å². The molecule has 1 amide bonds. The number of carboxylic acids is 1. The molecule has 0 fully saturated rings. The number of halogens is 1. The quantitative estimate of drug-likeness (QED) is 0.532. The van der Waals surface area contributed by atoms with E-state index in [1.165, 1.54) is 13.0 Å². The Labute approximate surface area is 142 Å². The molecule has 2 N–H and O–H groups in total. The molecule has 0 aliphatic rings. The fourth-order valence-electron chi connectivity index (χ4n) is 1.72. The Morgan fingerprint density at radius 1 is 1.39 bits per heavy atom. The molecule has 0 saturated heterocycles. The summed E-state index contributed by atoms with van der Waals surface area (Å²) in [5.41, 5.74) is 0.309. The van der Waals surface area contributed by atoms with E-state index in [0.29, 0.717) is 34.7 Å². The van der Waals surface area contributed by atoms with Gasteiger partial charge in [0, 0.05) is 6.92 Å². The van der Waals surface area contributed by atoms with Gasteiger partial charge < -0.3 is 19.9 Å². The van der Waals surface area contributed by atoms with Crippen molar-refractivity contribution in [3.8, 4) is 11.5 Å². The fraction of sp³-hybridized carbons (Fsp3) is 0.250. The summed E-state index contributed by atoms with van der Waals surface area (Å²) >= 11 is 3.37. The maximum absolute atomic E-state index is 11.2. The van der Waals surface area contributed by atoms with Gasteiger partial charge in [-0.15, -0.1) is 0 Å². The number of amides is 1. The minimum atomic E-state index is -1.23. The highest BCUT2D eigenvalue weighted by molar-refractivity contribution is 9.10. The minimum absolute atomic E-state index is 0.230. The molecule has 6 nitrogen and oxygen atoms in total. The maximum atomic E-state index is 11.2. The van der Waals surface area contributed by atoms with E-state index < -0.39 is 11.9 Å². The number of hydrogen-bond acceptors (Lipinski definition) is 4. The number of carbonyl (C=O) groups excluding carboxylic acids is 1. The molecule has 23 heavy (non-hydrogen) atoms. The average molecular weight is 384 g/mol. The molecule has 7 heteroatoms. The van der Waals surface area contributed by atoms with Crippen LogP contribution in [0.5, 0.6) is 11.5 Å². The van der Waals surface area contributed by atoms with Crippen molar-refractivity contribution in [1.29, 1.82) is 0 Å². The van der Waals surface area contributed by atoms with E-state index in [4.69, 9.17) is 14.6 Å². The van der Waals surface area contributed by atoms with Gasteiger partial charge in [-0.05, 0) is 46.6 Å². The number of benzene rings is 1. The van der Waals surface area contributed by atoms with Gasteiger partial charge in [-0.2, -0.15) is 0 Å². The lowest BCUT2D eigenvalue weighted by Crippen LogP contribution is -2.24. The van der Waals surface area contributed by atoms with Crippen molar-refractivity contribution < 1.29 is 24.2 Å². The summed E-state index contributed by atoms with van der Waals surface area (Å²) < 4.78 is 11.7. The lowest BCUT2D eigenvalue weighted by molar-refractivity contribution is -0.134. The number of aliphatic carboxylic acids is 1. The van der Waals surface area contributed by atoms with Crippen LogP contribution in [0, 0.1) is 0 Å². The van der Waals surface area contributed by atoms with Gasteiger partial charge in [-0.3, -0.25) is 4.79 Å². The van der Waals surface area contributed by atoms with Crippen molar-refractivity contribution in [3.63, 3.8) is 0 Å². The molecule has 0 aliphatic heterocycles. The SMILES string of the molecule is C=CCOc1c(Br)cc(C=C(NC(C)=O)C(=O)O)cc1OCC. The Balaban J connectivity index is 3.28. The van der Waals surface area contributed by atoms with Gasteiger partial charge >= 0.3 is 5.97 Å². The number of ether oxygens (including phenoxy) is 2. The highest BCUT2D eigenvalue weighted by Crippen LogP contribution is 2.37. The Kier molecular flexibility index (Phi) is 7.34. The zero-order chi connectivity index (χ0) is 17.4. The topological polar surface area (TPSA) is 84.9 Å². The summed E-state index contributed by atoms with van der Waals surface area (Å²) in [6, 6.07) is 3.31. The second-order valence-corrected chi connectivity index (χ2v) is 5.26. The third-order valence-electron chi connectivity index (χ3n) is 2.53. The summed E-state index contributed by atoms with van der Waals surface area (Å²) in [7, 11) is 0. The average Bonchev–Trinajstić information content (AvgIpc) is 2.45. The van der Waals surface area contributed by atoms with Gasteiger partial charge in [0.15, 0.2) is 11.5 Å². The number of carbonyl (C=O) groups is 2. The highest BCUT2D eigenvalue weighted by Gasteiger charge is 2.14. The fourth-order valence-corrected chi connectivity index (χ4v) is 2.30. The van der Waals surface area contributed by atoms with E-state index in [0.717, 1.165) is 0 Å². The number of hydrogen-bond donors (Lipinski definition) is 2. The minimum Gasteiger partial charge on any atom is -0.490 e. The summed E-state index contributed by atoms with van der Waals surface area (Å²) in [4.78, 5) is 22.3. The third kappa shape index (κ3) is 5.78. The van der Waals surface area contributed by atoms with Crippen LogP contribution >= 0.6 is 15.9 Å². The van der Waals surface area contributed by atoms with E-state index in [1.807, 2.05) is 6.92 Å². The molecule has 0 saturated carbocycles. The Morgan fingerprint density at radius 3 is 2.61 bits per heavy atom. The van der Waals surface area contributed by atoms with Crippen LogP contribution in [0.25, 0.3) is 6.08 Å². The Hall–Kier alpha value is -2.28. The zero-order valence-corrected chi connectivity index (χ0v) is 14.5. The second-order valence-electron chi connectivity index (χ2n) is 4.41. The first-order valence-electron chi connectivity index (χ1n) is 6.81. The maximum Gasteiger partial charge on any atom is 0.352 e. The van der Waals surface area contributed by atoms with E-state index >= 15 is 0 Å². The zero-order valence-electron chi connectivity index (χ0n) is 12.9. The van der Waals surface area contributed by atoms with Gasteiger partial charge in [0.2, 0.25) is 5.91 Å². The van der Waals surface area contributed by atoms with E-state index in [2.05, 4.69) is 27.8 Å². The Bertz CT molecular complexity index is 640. The summed E-state index contributed by atoms with van der Waals surface area (Å²) in [6.45, 7) is 7.38. The molecule has 1 aromatic carbocycles. The molecule has 0 spiro atoms. The second kappa shape index (κ2) is 8.99. The van der Waals surface area contributed by atoms with Crippen molar-refractivity contribution in [3.05, 3.63) is 40.5 Å². The standard InChI is InChI=1S/C16H18BrNO5/c1-4-6-23-15-12(17)7-11(9-14(15)22-5-2)8-13(16(20)21)18-10(3)19/h4,7-9H,1,5-6H2,2-3H3,(H,18,19)(H,20,21). The normalized spacial score (nSPS) is 10.8. The van der Waals surface area contributed by atoms with Crippen LogP contribution in [0.2, 0.25) is 0 Å². The summed E-state index contributed by atoms with van der Waals surface area (Å²) in [5, 5.41) is 11.4. The third-order valence-corrected chi connectivity index (χ3v) is 3.12. The molecule has 0 atom stereocenters. The van der Waals surface area contributed by atoms with Gasteiger partial charge in [-0.25, -0.2) is 4.79 Å². The first kappa shape index (κ1) is 18.8. The first-order chi connectivity index (χ1) is 10.9. The van der Waals surface area contributed by atoms with Crippen molar-refractivity contribution in [2.45, 2.75) is 13.8 Å². The van der Waals surface area contributed by atoms with E-state index in [-0.39, 0.29) is 5.70 Å². The highest BCUT2D eigenvalue weighted by atomic mass is 79.9. The van der Waals surface area contributed by atoms with Crippen molar-refractivity contribution in [2.24, 2.45) is 0 Å².